The van der Waals surface area contributed by atoms with Gasteiger partial charge in [0.2, 0.25) is 0 Å². The molecule has 1 saturated carbocycles. The maximum Gasteiger partial charge on any atom is 0.270 e. The molecule has 0 saturated heterocycles. The van der Waals surface area contributed by atoms with Crippen LogP contribution in [0.1, 0.15) is 48.2 Å². The minimum atomic E-state index is -0.0976. The Morgan fingerprint density at radius 2 is 1.84 bits per heavy atom. The highest BCUT2D eigenvalue weighted by atomic mass is 16.5. The summed E-state index contributed by atoms with van der Waals surface area (Å²) in [6, 6.07) is 15.7. The molecule has 1 aromatic heterocycles. The highest BCUT2D eigenvalue weighted by Crippen LogP contribution is 2.33. The maximum atomic E-state index is 13.3. The minimum absolute atomic E-state index is 0.0976. The van der Waals surface area contributed by atoms with Gasteiger partial charge in [0, 0.05) is 17.7 Å². The van der Waals surface area contributed by atoms with E-state index < -0.39 is 0 Å². The van der Waals surface area contributed by atoms with Crippen LogP contribution in [-0.2, 0) is 0 Å². The lowest BCUT2D eigenvalue weighted by molar-refractivity contribution is 0.0920. The van der Waals surface area contributed by atoms with Crippen molar-refractivity contribution in [3.8, 4) is 28.4 Å². The summed E-state index contributed by atoms with van der Waals surface area (Å²) >= 11 is 0. The Hall–Kier alpha value is -3.28. The maximum absolute atomic E-state index is 13.3. The fraction of sp³-hybridized carbons (Fsp3) is 0.360. The molecule has 0 spiro atoms. The van der Waals surface area contributed by atoms with E-state index in [2.05, 4.69) is 5.32 Å². The quantitative estimate of drug-likeness (QED) is 0.615. The molecule has 1 heterocycles. The summed E-state index contributed by atoms with van der Waals surface area (Å²) < 4.78 is 12.6. The lowest BCUT2D eigenvalue weighted by Gasteiger charge is -2.22. The van der Waals surface area contributed by atoms with Gasteiger partial charge in [0.05, 0.1) is 25.6 Å². The number of nitrogens with zero attached hydrogens (tertiary/aromatic N) is 2. The van der Waals surface area contributed by atoms with Crippen LogP contribution < -0.4 is 14.8 Å². The summed E-state index contributed by atoms with van der Waals surface area (Å²) in [5.74, 6) is 1.25. The summed E-state index contributed by atoms with van der Waals surface area (Å²) in [7, 11) is 3.24. The van der Waals surface area contributed by atoms with Crippen molar-refractivity contribution in [1.29, 1.82) is 0 Å². The second-order valence-electron chi connectivity index (χ2n) is 8.04. The molecule has 31 heavy (non-hydrogen) atoms. The third-order valence-corrected chi connectivity index (χ3v) is 5.81. The van der Waals surface area contributed by atoms with Crippen LogP contribution in [-0.4, -0.2) is 35.9 Å². The topological polar surface area (TPSA) is 65.4 Å². The highest BCUT2D eigenvalue weighted by Gasteiger charge is 2.23. The summed E-state index contributed by atoms with van der Waals surface area (Å²) in [5.41, 5.74) is 3.96. The molecule has 4 rings (SSSR count). The lowest BCUT2D eigenvalue weighted by atomic mass is 9.95. The molecule has 1 aliphatic carbocycles. The largest absolute Gasteiger partial charge is 0.497 e. The van der Waals surface area contributed by atoms with E-state index in [0.717, 1.165) is 42.5 Å². The number of benzene rings is 2. The Bertz CT molecular complexity index is 1070. The third kappa shape index (κ3) is 4.58. The number of amides is 1. The van der Waals surface area contributed by atoms with Crippen LogP contribution in [0.3, 0.4) is 0 Å². The van der Waals surface area contributed by atoms with Crippen molar-refractivity contribution < 1.29 is 14.3 Å². The van der Waals surface area contributed by atoms with E-state index in [4.69, 9.17) is 14.6 Å². The van der Waals surface area contributed by atoms with E-state index in [1.54, 1.807) is 18.9 Å². The molecule has 3 aromatic rings. The van der Waals surface area contributed by atoms with Crippen LogP contribution >= 0.6 is 0 Å². The second kappa shape index (κ2) is 9.25. The molecule has 1 aliphatic rings. The Morgan fingerprint density at radius 3 is 2.55 bits per heavy atom. The van der Waals surface area contributed by atoms with E-state index in [1.165, 1.54) is 6.42 Å². The molecular formula is C25H29N3O3. The van der Waals surface area contributed by atoms with Gasteiger partial charge in [-0.2, -0.15) is 5.10 Å². The van der Waals surface area contributed by atoms with Gasteiger partial charge < -0.3 is 14.8 Å². The van der Waals surface area contributed by atoms with Crippen LogP contribution in [0, 0.1) is 6.92 Å². The number of carbonyl (C=O) groups is 1. The number of methoxy groups -OCH3 is 2. The summed E-state index contributed by atoms with van der Waals surface area (Å²) in [4.78, 5) is 13.3. The number of hydrogen-bond donors (Lipinski definition) is 1. The monoisotopic (exact) mass is 419 g/mol. The van der Waals surface area contributed by atoms with Crippen LogP contribution in [0.25, 0.3) is 16.9 Å². The van der Waals surface area contributed by atoms with E-state index in [9.17, 15) is 4.79 Å². The molecule has 162 valence electrons. The van der Waals surface area contributed by atoms with Crippen molar-refractivity contribution in [2.24, 2.45) is 0 Å². The van der Waals surface area contributed by atoms with Crippen molar-refractivity contribution in [2.75, 3.05) is 14.2 Å². The van der Waals surface area contributed by atoms with E-state index in [1.807, 2.05) is 55.5 Å². The van der Waals surface area contributed by atoms with Crippen LogP contribution in [0.2, 0.25) is 0 Å². The van der Waals surface area contributed by atoms with Gasteiger partial charge in [0.25, 0.3) is 5.91 Å². The van der Waals surface area contributed by atoms with Gasteiger partial charge in [0.15, 0.2) is 0 Å². The number of hydrogen-bond acceptors (Lipinski definition) is 4. The molecule has 0 bridgehead atoms. The first-order chi connectivity index (χ1) is 15.1. The van der Waals surface area contributed by atoms with Crippen molar-refractivity contribution >= 4 is 5.91 Å². The fourth-order valence-electron chi connectivity index (χ4n) is 4.15. The average molecular weight is 420 g/mol. The van der Waals surface area contributed by atoms with Crippen molar-refractivity contribution in [3.63, 3.8) is 0 Å². The zero-order chi connectivity index (χ0) is 21.8. The predicted molar refractivity (Wildman–Crippen MR) is 121 cm³/mol. The number of ether oxygens (including phenoxy) is 2. The molecule has 2 aromatic carbocycles. The van der Waals surface area contributed by atoms with E-state index in [-0.39, 0.29) is 11.9 Å². The molecule has 1 N–H and O–H groups in total. The normalized spacial score (nSPS) is 14.3. The molecule has 6 heteroatoms. The van der Waals surface area contributed by atoms with Gasteiger partial charge in [0.1, 0.15) is 17.2 Å². The molecule has 0 radical (unpaired) electrons. The number of aryl methyl sites for hydroxylation is 1. The molecule has 0 aliphatic heterocycles. The molecular weight excluding hydrogens is 390 g/mol. The SMILES string of the molecule is COc1ccc(-c2cc(C(=O)NC3CCCCC3)n(-c3cccc(C)c3)n2)c(OC)c1. The lowest BCUT2D eigenvalue weighted by Crippen LogP contribution is -2.37. The molecule has 0 unspecified atom stereocenters. The Labute approximate surface area is 183 Å². The third-order valence-electron chi connectivity index (χ3n) is 5.81. The Kier molecular flexibility index (Phi) is 6.26. The highest BCUT2D eigenvalue weighted by molar-refractivity contribution is 5.94. The minimum Gasteiger partial charge on any atom is -0.497 e. The number of aromatic nitrogens is 2. The average Bonchev–Trinajstić information content (AvgIpc) is 3.25. The van der Waals surface area contributed by atoms with Gasteiger partial charge in [-0.05, 0) is 55.7 Å². The number of rotatable bonds is 6. The van der Waals surface area contributed by atoms with Crippen LogP contribution in [0.5, 0.6) is 11.5 Å². The summed E-state index contributed by atoms with van der Waals surface area (Å²) in [6.45, 7) is 2.03. The van der Waals surface area contributed by atoms with Gasteiger partial charge in [-0.3, -0.25) is 4.79 Å². The van der Waals surface area contributed by atoms with Gasteiger partial charge >= 0.3 is 0 Å². The van der Waals surface area contributed by atoms with Crippen molar-refractivity contribution in [3.05, 3.63) is 59.8 Å². The van der Waals surface area contributed by atoms with E-state index >= 15 is 0 Å². The number of nitrogens with one attached hydrogen (secondary N) is 1. The van der Waals surface area contributed by atoms with Gasteiger partial charge in [-0.15, -0.1) is 0 Å². The first kappa shape index (κ1) is 21.0. The van der Waals surface area contributed by atoms with Crippen molar-refractivity contribution in [2.45, 2.75) is 45.1 Å². The van der Waals surface area contributed by atoms with Gasteiger partial charge in [-0.25, -0.2) is 4.68 Å². The summed E-state index contributed by atoms with van der Waals surface area (Å²) in [6.07, 6.45) is 5.63. The summed E-state index contributed by atoms with van der Waals surface area (Å²) in [5, 5.41) is 8.03. The Morgan fingerprint density at radius 1 is 1.03 bits per heavy atom. The standard InChI is InChI=1S/C25H29N3O3/c1-17-8-7-11-19(14-17)28-23(25(29)26-18-9-5-4-6-10-18)16-22(27-28)21-13-12-20(30-2)15-24(21)31-3/h7-8,11-16,18H,4-6,9-10H2,1-3H3,(H,26,29). The molecule has 6 nitrogen and oxygen atoms in total. The fourth-order valence-corrected chi connectivity index (χ4v) is 4.15. The first-order valence-electron chi connectivity index (χ1n) is 10.8. The zero-order valence-electron chi connectivity index (χ0n) is 18.4. The zero-order valence-corrected chi connectivity index (χ0v) is 18.4. The number of carbonyl (C=O) groups excluding carboxylic acids is 1. The van der Waals surface area contributed by atoms with Crippen LogP contribution in [0.15, 0.2) is 48.5 Å². The smallest absolute Gasteiger partial charge is 0.270 e. The first-order valence-corrected chi connectivity index (χ1v) is 10.8. The second-order valence-corrected chi connectivity index (χ2v) is 8.04. The predicted octanol–water partition coefficient (Wildman–Crippen LogP) is 4.93. The molecule has 1 fully saturated rings. The molecule has 0 atom stereocenters. The van der Waals surface area contributed by atoms with Gasteiger partial charge in [-0.1, -0.05) is 31.4 Å². The van der Waals surface area contributed by atoms with Crippen LogP contribution in [0.4, 0.5) is 0 Å². The molecule has 1 amide bonds. The Balaban J connectivity index is 1.76. The van der Waals surface area contributed by atoms with E-state index in [0.29, 0.717) is 22.9 Å². The van der Waals surface area contributed by atoms with Crippen molar-refractivity contribution in [1.82, 2.24) is 15.1 Å².